The number of pyridine rings is 1. The highest BCUT2D eigenvalue weighted by Crippen LogP contribution is 2.29. The number of carbonyl (C=O) groups excluding carboxylic acids is 2. The second kappa shape index (κ2) is 7.48. The van der Waals surface area contributed by atoms with E-state index in [1.54, 1.807) is 19.4 Å². The summed E-state index contributed by atoms with van der Waals surface area (Å²) in [7, 11) is 1.56. The lowest BCUT2D eigenvalue weighted by molar-refractivity contribution is -0.124. The van der Waals surface area contributed by atoms with E-state index in [1.807, 2.05) is 32.9 Å². The van der Waals surface area contributed by atoms with E-state index < -0.39 is 17.5 Å². The average molecular weight is 371 g/mol. The van der Waals surface area contributed by atoms with Gasteiger partial charge in [0.25, 0.3) is 0 Å². The summed E-state index contributed by atoms with van der Waals surface area (Å²) >= 11 is 0. The molecule has 8 nitrogen and oxygen atoms in total. The van der Waals surface area contributed by atoms with Gasteiger partial charge in [-0.25, -0.2) is 4.79 Å². The van der Waals surface area contributed by atoms with Crippen molar-refractivity contribution in [1.29, 1.82) is 0 Å². The molecule has 3 rings (SSSR count). The first kappa shape index (κ1) is 19.0. The van der Waals surface area contributed by atoms with E-state index in [2.05, 4.69) is 20.7 Å². The van der Waals surface area contributed by atoms with Crippen molar-refractivity contribution in [2.24, 2.45) is 5.41 Å². The van der Waals surface area contributed by atoms with E-state index in [4.69, 9.17) is 4.74 Å². The summed E-state index contributed by atoms with van der Waals surface area (Å²) < 4.78 is 6.94. The van der Waals surface area contributed by atoms with Gasteiger partial charge in [0.05, 0.1) is 18.9 Å². The molecule has 1 aliphatic heterocycles. The maximum absolute atomic E-state index is 13.0. The molecule has 3 heterocycles. The van der Waals surface area contributed by atoms with Gasteiger partial charge in [0, 0.05) is 37.0 Å². The monoisotopic (exact) mass is 371 g/mol. The highest BCUT2D eigenvalue weighted by Gasteiger charge is 2.34. The number of carbonyl (C=O) groups is 2. The number of nitrogens with one attached hydrogen (secondary N) is 2. The topological polar surface area (TPSA) is 98.1 Å². The first-order valence-electron chi connectivity index (χ1n) is 8.94. The number of aromatic nitrogens is 3. The molecule has 0 fully saturated rings. The number of rotatable bonds is 3. The Balaban J connectivity index is 1.98. The van der Waals surface area contributed by atoms with Crippen molar-refractivity contribution < 1.29 is 14.3 Å². The Morgan fingerprint density at radius 3 is 2.74 bits per heavy atom. The van der Waals surface area contributed by atoms with E-state index in [1.165, 1.54) is 4.68 Å². The van der Waals surface area contributed by atoms with Gasteiger partial charge in [-0.1, -0.05) is 20.8 Å². The van der Waals surface area contributed by atoms with Crippen molar-refractivity contribution in [3.05, 3.63) is 35.8 Å². The van der Waals surface area contributed by atoms with Crippen LogP contribution in [-0.2, 0) is 22.6 Å². The summed E-state index contributed by atoms with van der Waals surface area (Å²) in [4.78, 5) is 29.4. The third-order valence-electron chi connectivity index (χ3n) is 4.59. The minimum atomic E-state index is -0.684. The lowest BCUT2D eigenvalue weighted by Crippen LogP contribution is -2.54. The molecule has 27 heavy (non-hydrogen) atoms. The number of hydrogen-bond acceptors (Lipinski definition) is 5. The standard InChI is InChI=1S/C19H25N5O3/c1-19(2,3)16(17(25)20-4)22-18(26)24-14-7-9-27-11-13(14)15(23-24)12-6-5-8-21-10-12/h5-6,8,10,16H,7,9,11H2,1-4H3,(H,20,25)(H,22,26). The molecule has 0 spiro atoms. The summed E-state index contributed by atoms with van der Waals surface area (Å²) in [5.74, 6) is -0.243. The van der Waals surface area contributed by atoms with Crippen molar-refractivity contribution in [3.63, 3.8) is 0 Å². The van der Waals surface area contributed by atoms with Gasteiger partial charge >= 0.3 is 6.03 Å². The molecule has 8 heteroatoms. The predicted molar refractivity (Wildman–Crippen MR) is 100 cm³/mol. The molecule has 2 aromatic heterocycles. The van der Waals surface area contributed by atoms with Crippen LogP contribution in [0.25, 0.3) is 11.3 Å². The first-order chi connectivity index (χ1) is 12.8. The Morgan fingerprint density at radius 2 is 2.11 bits per heavy atom. The van der Waals surface area contributed by atoms with Gasteiger partial charge in [0.1, 0.15) is 11.7 Å². The van der Waals surface area contributed by atoms with Crippen LogP contribution in [0.15, 0.2) is 24.5 Å². The Morgan fingerprint density at radius 1 is 1.33 bits per heavy atom. The minimum absolute atomic E-state index is 0.243. The molecular weight excluding hydrogens is 346 g/mol. The fourth-order valence-corrected chi connectivity index (χ4v) is 3.14. The summed E-state index contributed by atoms with van der Waals surface area (Å²) in [6, 6.07) is 2.61. The maximum Gasteiger partial charge on any atom is 0.343 e. The van der Waals surface area contributed by atoms with Gasteiger partial charge < -0.3 is 15.4 Å². The summed E-state index contributed by atoms with van der Waals surface area (Å²) in [6.07, 6.45) is 3.98. The number of nitrogens with zero attached hydrogens (tertiary/aromatic N) is 3. The molecule has 0 radical (unpaired) electrons. The van der Waals surface area contributed by atoms with Crippen molar-refractivity contribution in [1.82, 2.24) is 25.4 Å². The largest absolute Gasteiger partial charge is 0.376 e. The fourth-order valence-electron chi connectivity index (χ4n) is 3.14. The molecular formula is C19H25N5O3. The van der Waals surface area contributed by atoms with Crippen molar-refractivity contribution in [2.75, 3.05) is 13.7 Å². The van der Waals surface area contributed by atoms with Gasteiger partial charge in [-0.05, 0) is 17.5 Å². The van der Waals surface area contributed by atoms with Crippen LogP contribution in [0.2, 0.25) is 0 Å². The first-order valence-corrected chi connectivity index (χ1v) is 8.94. The van der Waals surface area contributed by atoms with Crippen LogP contribution < -0.4 is 10.6 Å². The Bertz CT molecular complexity index is 839. The molecule has 0 bridgehead atoms. The van der Waals surface area contributed by atoms with Crippen molar-refractivity contribution >= 4 is 11.9 Å². The van der Waals surface area contributed by atoms with Gasteiger partial charge in [0.15, 0.2) is 0 Å². The SMILES string of the molecule is CNC(=O)C(NC(=O)n1nc(-c2cccnc2)c2c1CCOC2)C(C)(C)C. The third-order valence-corrected chi connectivity index (χ3v) is 4.59. The average Bonchev–Trinajstić information content (AvgIpc) is 3.05. The molecule has 1 unspecified atom stereocenters. The van der Waals surface area contributed by atoms with Crippen LogP contribution in [0, 0.1) is 5.41 Å². The van der Waals surface area contributed by atoms with Crippen LogP contribution in [0.4, 0.5) is 4.79 Å². The van der Waals surface area contributed by atoms with E-state index in [9.17, 15) is 9.59 Å². The zero-order valence-electron chi connectivity index (χ0n) is 16.1. The summed E-state index contributed by atoms with van der Waals surface area (Å²) in [5.41, 5.74) is 2.75. The maximum atomic E-state index is 13.0. The lowest BCUT2D eigenvalue weighted by Gasteiger charge is -2.29. The number of fused-ring (bicyclic) bond motifs is 1. The predicted octanol–water partition coefficient (Wildman–Crippen LogP) is 1.74. The van der Waals surface area contributed by atoms with E-state index in [0.717, 1.165) is 16.8 Å². The Labute approximate surface area is 158 Å². The molecule has 2 aromatic rings. The second-order valence-corrected chi connectivity index (χ2v) is 7.59. The van der Waals surface area contributed by atoms with E-state index in [-0.39, 0.29) is 5.91 Å². The van der Waals surface area contributed by atoms with Crippen LogP contribution in [0.1, 0.15) is 32.0 Å². The third kappa shape index (κ3) is 3.85. The molecule has 144 valence electrons. The minimum Gasteiger partial charge on any atom is -0.376 e. The highest BCUT2D eigenvalue weighted by atomic mass is 16.5. The summed E-state index contributed by atoms with van der Waals surface area (Å²) in [5, 5.41) is 9.98. The number of likely N-dealkylation sites (N-methyl/N-ethyl adjacent to an activating group) is 1. The van der Waals surface area contributed by atoms with Gasteiger partial charge in [-0.15, -0.1) is 0 Å². The smallest absolute Gasteiger partial charge is 0.343 e. The van der Waals surface area contributed by atoms with Crippen LogP contribution in [-0.4, -0.2) is 46.4 Å². The molecule has 0 saturated heterocycles. The molecule has 2 N–H and O–H groups in total. The van der Waals surface area contributed by atoms with Crippen molar-refractivity contribution in [3.8, 4) is 11.3 Å². The molecule has 0 saturated carbocycles. The molecule has 2 amide bonds. The number of hydrogen-bond donors (Lipinski definition) is 2. The fraction of sp³-hybridized carbons (Fsp3) is 0.474. The van der Waals surface area contributed by atoms with Crippen LogP contribution >= 0.6 is 0 Å². The van der Waals surface area contributed by atoms with E-state index >= 15 is 0 Å². The van der Waals surface area contributed by atoms with E-state index in [0.29, 0.717) is 25.3 Å². The summed E-state index contributed by atoms with van der Waals surface area (Å²) in [6.45, 7) is 6.63. The second-order valence-electron chi connectivity index (χ2n) is 7.59. The van der Waals surface area contributed by atoms with Crippen LogP contribution in [0.3, 0.4) is 0 Å². The molecule has 1 aliphatic rings. The Hall–Kier alpha value is -2.74. The molecule has 0 aromatic carbocycles. The normalized spacial score (nSPS) is 15.0. The van der Waals surface area contributed by atoms with Gasteiger partial charge in [-0.3, -0.25) is 9.78 Å². The number of ether oxygens (including phenoxy) is 1. The van der Waals surface area contributed by atoms with Gasteiger partial charge in [0.2, 0.25) is 5.91 Å². The highest BCUT2D eigenvalue weighted by molar-refractivity contribution is 5.88. The molecule has 1 atom stereocenters. The Kier molecular flexibility index (Phi) is 5.27. The lowest BCUT2D eigenvalue weighted by atomic mass is 9.86. The van der Waals surface area contributed by atoms with Gasteiger partial charge in [-0.2, -0.15) is 9.78 Å². The van der Waals surface area contributed by atoms with Crippen LogP contribution in [0.5, 0.6) is 0 Å². The zero-order valence-corrected chi connectivity index (χ0v) is 16.1. The zero-order chi connectivity index (χ0) is 19.6. The quantitative estimate of drug-likeness (QED) is 0.856. The van der Waals surface area contributed by atoms with Crippen molar-refractivity contribution in [2.45, 2.75) is 39.8 Å². The number of amides is 2. The molecule has 0 aliphatic carbocycles.